The van der Waals surface area contributed by atoms with Crippen LogP contribution in [0.4, 0.5) is 5.69 Å². The standard InChI is InChI=1S/C23H29N3O2S2/c1-23(16-29,17-30)22(28)26(4)21(27)15-25(3)20-9-7-18(8-10-20)5-6-19-11-13-24(2)14-12-19/h5-14H,15-17H2,1-4H3,(H-,29,30)/p+1. The summed E-state index contributed by atoms with van der Waals surface area (Å²) >= 11 is 8.48. The van der Waals surface area contributed by atoms with Crippen LogP contribution in [0.3, 0.4) is 0 Å². The van der Waals surface area contributed by atoms with Gasteiger partial charge in [0.05, 0.1) is 12.0 Å². The van der Waals surface area contributed by atoms with Crippen molar-refractivity contribution in [3.63, 3.8) is 0 Å². The van der Waals surface area contributed by atoms with E-state index in [0.717, 1.165) is 16.8 Å². The van der Waals surface area contributed by atoms with Crippen LogP contribution >= 0.6 is 25.3 Å². The van der Waals surface area contributed by atoms with Crippen LogP contribution in [0.25, 0.3) is 12.2 Å². The fraction of sp³-hybridized carbons (Fsp3) is 0.348. The van der Waals surface area contributed by atoms with Gasteiger partial charge in [-0.3, -0.25) is 14.5 Å². The lowest BCUT2D eigenvalue weighted by atomic mass is 9.94. The monoisotopic (exact) mass is 444 g/mol. The summed E-state index contributed by atoms with van der Waals surface area (Å²) in [5.41, 5.74) is 2.33. The summed E-state index contributed by atoms with van der Waals surface area (Å²) < 4.78 is 1.99. The Morgan fingerprint density at radius 2 is 1.47 bits per heavy atom. The van der Waals surface area contributed by atoms with E-state index in [1.165, 1.54) is 11.9 Å². The van der Waals surface area contributed by atoms with Crippen molar-refractivity contribution < 1.29 is 14.2 Å². The molecule has 160 valence electrons. The molecule has 5 nitrogen and oxygen atoms in total. The minimum Gasteiger partial charge on any atom is -0.365 e. The molecule has 0 fully saturated rings. The van der Waals surface area contributed by atoms with Crippen LogP contribution in [0.1, 0.15) is 18.1 Å². The lowest BCUT2D eigenvalue weighted by Crippen LogP contribution is -2.48. The lowest BCUT2D eigenvalue weighted by molar-refractivity contribution is -0.671. The molecule has 7 heteroatoms. The maximum Gasteiger partial charge on any atom is 0.248 e. The van der Waals surface area contributed by atoms with Gasteiger partial charge in [-0.05, 0) is 30.2 Å². The Bertz CT molecular complexity index is 892. The normalized spacial score (nSPS) is 11.5. The van der Waals surface area contributed by atoms with E-state index in [1.54, 1.807) is 6.92 Å². The van der Waals surface area contributed by atoms with Crippen LogP contribution in [-0.4, -0.2) is 48.9 Å². The third-order valence-corrected chi connectivity index (χ3v) is 6.47. The zero-order chi connectivity index (χ0) is 22.3. The number of pyridine rings is 1. The van der Waals surface area contributed by atoms with Crippen molar-refractivity contribution in [2.24, 2.45) is 12.5 Å². The molecule has 0 atom stereocenters. The molecule has 0 N–H and O–H groups in total. The summed E-state index contributed by atoms with van der Waals surface area (Å²) in [5.74, 6) is 0.137. The van der Waals surface area contributed by atoms with Gasteiger partial charge in [0.1, 0.15) is 7.05 Å². The fourth-order valence-electron chi connectivity index (χ4n) is 2.76. The molecule has 0 radical (unpaired) electrons. The average molecular weight is 445 g/mol. The van der Waals surface area contributed by atoms with E-state index in [0.29, 0.717) is 11.5 Å². The first-order valence-electron chi connectivity index (χ1n) is 9.67. The van der Waals surface area contributed by atoms with E-state index >= 15 is 0 Å². The minimum absolute atomic E-state index is 0.105. The number of carbonyl (C=O) groups excluding carboxylic acids is 2. The number of carbonyl (C=O) groups is 2. The molecule has 0 unspecified atom stereocenters. The van der Waals surface area contributed by atoms with E-state index in [1.807, 2.05) is 66.3 Å². The van der Waals surface area contributed by atoms with Gasteiger partial charge in [-0.2, -0.15) is 25.3 Å². The molecular formula is C23H30N3O2S2+. The highest BCUT2D eigenvalue weighted by Gasteiger charge is 2.35. The van der Waals surface area contributed by atoms with Crippen LogP contribution in [-0.2, 0) is 16.6 Å². The van der Waals surface area contributed by atoms with Crippen LogP contribution in [0, 0.1) is 5.41 Å². The van der Waals surface area contributed by atoms with Crippen LogP contribution < -0.4 is 9.47 Å². The van der Waals surface area contributed by atoms with Crippen molar-refractivity contribution in [1.29, 1.82) is 0 Å². The second-order valence-corrected chi connectivity index (χ2v) is 8.35. The highest BCUT2D eigenvalue weighted by molar-refractivity contribution is 7.81. The number of rotatable bonds is 8. The van der Waals surface area contributed by atoms with Crippen molar-refractivity contribution in [3.8, 4) is 0 Å². The second kappa shape index (κ2) is 10.7. The zero-order valence-corrected chi connectivity index (χ0v) is 19.7. The van der Waals surface area contributed by atoms with Crippen molar-refractivity contribution in [2.45, 2.75) is 6.92 Å². The Morgan fingerprint density at radius 3 is 1.97 bits per heavy atom. The largest absolute Gasteiger partial charge is 0.365 e. The Balaban J connectivity index is 2.00. The number of thiol groups is 2. The van der Waals surface area contributed by atoms with Gasteiger partial charge < -0.3 is 4.90 Å². The molecule has 1 heterocycles. The molecule has 1 aromatic heterocycles. The molecule has 1 aromatic carbocycles. The molecular weight excluding hydrogens is 414 g/mol. The Labute approximate surface area is 190 Å². The Hall–Kier alpha value is -2.25. The number of aryl methyl sites for hydroxylation is 1. The van der Waals surface area contributed by atoms with Crippen molar-refractivity contribution in [1.82, 2.24) is 4.90 Å². The number of nitrogens with zero attached hydrogens (tertiary/aromatic N) is 3. The van der Waals surface area contributed by atoms with Gasteiger partial charge in [-0.1, -0.05) is 24.3 Å². The van der Waals surface area contributed by atoms with Gasteiger partial charge in [0.2, 0.25) is 11.8 Å². The molecule has 0 saturated carbocycles. The smallest absolute Gasteiger partial charge is 0.248 e. The van der Waals surface area contributed by atoms with Crippen LogP contribution in [0.2, 0.25) is 0 Å². The number of imide groups is 1. The predicted octanol–water partition coefficient (Wildman–Crippen LogP) is 2.97. The summed E-state index contributed by atoms with van der Waals surface area (Å²) in [7, 11) is 5.34. The summed E-state index contributed by atoms with van der Waals surface area (Å²) in [6.45, 7) is 1.87. The molecule has 2 aromatic rings. The zero-order valence-electron chi connectivity index (χ0n) is 17.9. The SMILES string of the molecule is CN(C(=O)CN(C)c1ccc(/C=C/c2cc[n+](C)cc2)cc1)C(=O)C(C)(CS)CS. The quantitative estimate of drug-likeness (QED) is 0.486. The van der Waals surface area contributed by atoms with Crippen molar-refractivity contribution in [2.75, 3.05) is 37.0 Å². The number of amides is 2. The first-order chi connectivity index (χ1) is 14.2. The van der Waals surface area contributed by atoms with Crippen LogP contribution in [0.15, 0.2) is 48.8 Å². The summed E-state index contributed by atoms with van der Waals surface area (Å²) in [6, 6.07) is 12.0. The highest BCUT2D eigenvalue weighted by atomic mass is 32.1. The van der Waals surface area contributed by atoms with E-state index in [9.17, 15) is 9.59 Å². The van der Waals surface area contributed by atoms with Gasteiger partial charge in [0.15, 0.2) is 12.4 Å². The summed E-state index contributed by atoms with van der Waals surface area (Å²) in [4.78, 5) is 28.2. The molecule has 2 amide bonds. The number of hydrogen-bond donors (Lipinski definition) is 2. The van der Waals surface area contributed by atoms with Crippen molar-refractivity contribution in [3.05, 3.63) is 59.9 Å². The summed E-state index contributed by atoms with van der Waals surface area (Å²) in [6.07, 6.45) is 8.12. The average Bonchev–Trinajstić information content (AvgIpc) is 2.77. The van der Waals surface area contributed by atoms with Gasteiger partial charge in [0, 0.05) is 43.4 Å². The number of anilines is 1. The molecule has 0 aliphatic rings. The number of hydrogen-bond acceptors (Lipinski definition) is 5. The Morgan fingerprint density at radius 1 is 0.967 bits per heavy atom. The number of benzene rings is 1. The molecule has 30 heavy (non-hydrogen) atoms. The third kappa shape index (κ3) is 6.12. The van der Waals surface area contributed by atoms with Gasteiger partial charge in [-0.15, -0.1) is 0 Å². The topological polar surface area (TPSA) is 44.5 Å². The molecule has 0 spiro atoms. The molecule has 0 bridgehead atoms. The fourth-order valence-corrected chi connectivity index (χ4v) is 3.43. The second-order valence-electron chi connectivity index (χ2n) is 7.71. The lowest BCUT2D eigenvalue weighted by Gasteiger charge is -2.30. The number of likely N-dealkylation sites (N-methyl/N-ethyl adjacent to an activating group) is 2. The van der Waals surface area contributed by atoms with Crippen LogP contribution in [0.5, 0.6) is 0 Å². The molecule has 0 aliphatic carbocycles. The molecule has 0 aliphatic heterocycles. The highest BCUT2D eigenvalue weighted by Crippen LogP contribution is 2.23. The Kier molecular flexibility index (Phi) is 8.55. The first kappa shape index (κ1) is 24.0. The van der Waals surface area contributed by atoms with E-state index in [-0.39, 0.29) is 18.4 Å². The van der Waals surface area contributed by atoms with Gasteiger partial charge in [0.25, 0.3) is 0 Å². The maximum atomic E-state index is 12.6. The van der Waals surface area contributed by atoms with E-state index in [2.05, 4.69) is 43.5 Å². The predicted molar refractivity (Wildman–Crippen MR) is 130 cm³/mol. The van der Waals surface area contributed by atoms with Gasteiger partial charge >= 0.3 is 0 Å². The van der Waals surface area contributed by atoms with E-state index in [4.69, 9.17) is 0 Å². The van der Waals surface area contributed by atoms with E-state index < -0.39 is 5.41 Å². The maximum absolute atomic E-state index is 12.6. The minimum atomic E-state index is -0.765. The summed E-state index contributed by atoms with van der Waals surface area (Å²) in [5, 5.41) is 0. The van der Waals surface area contributed by atoms with Gasteiger partial charge in [-0.25, -0.2) is 4.57 Å². The molecule has 2 rings (SSSR count). The third-order valence-electron chi connectivity index (χ3n) is 5.07. The van der Waals surface area contributed by atoms with Crippen molar-refractivity contribution >= 4 is 54.9 Å². The first-order valence-corrected chi connectivity index (χ1v) is 10.9. The number of aromatic nitrogens is 1. The molecule has 0 saturated heterocycles.